The molecule has 5 nitrogen and oxygen atoms in total. The van der Waals surface area contributed by atoms with Crippen LogP contribution in [0, 0.1) is 4.77 Å². The monoisotopic (exact) mass is 426 g/mol. The molecule has 0 saturated carbocycles. The summed E-state index contributed by atoms with van der Waals surface area (Å²) in [5.74, 6) is 0. The highest BCUT2D eigenvalue weighted by molar-refractivity contribution is 7.71. The van der Waals surface area contributed by atoms with Gasteiger partial charge in [-0.2, -0.15) is 0 Å². The fourth-order valence-corrected chi connectivity index (χ4v) is 4.96. The van der Waals surface area contributed by atoms with Gasteiger partial charge < -0.3 is 14.4 Å². The number of oxime groups is 1. The first-order chi connectivity index (χ1) is 14.2. The molecule has 0 bridgehead atoms. The van der Waals surface area contributed by atoms with Crippen molar-refractivity contribution in [2.45, 2.75) is 31.4 Å². The highest BCUT2D eigenvalue weighted by Crippen LogP contribution is 2.30. The number of nitrogens with zero attached hydrogens (tertiary/aromatic N) is 3. The summed E-state index contributed by atoms with van der Waals surface area (Å²) in [6.07, 6.45) is 3.07. The summed E-state index contributed by atoms with van der Waals surface area (Å²) in [6.45, 7) is 2.94. The SMILES string of the molecule is S=c1[nH]c2cc(Cl)ccc2n1C1CCN(CC2=NOC(c3ccccc3)C2)CC1. The third-order valence-corrected chi connectivity index (χ3v) is 6.44. The van der Waals surface area contributed by atoms with Gasteiger partial charge in [-0.15, -0.1) is 0 Å². The van der Waals surface area contributed by atoms with E-state index in [2.05, 4.69) is 37.8 Å². The second kappa shape index (κ2) is 7.94. The summed E-state index contributed by atoms with van der Waals surface area (Å²) in [5, 5.41) is 5.08. The number of halogens is 1. The Morgan fingerprint density at radius 2 is 1.93 bits per heavy atom. The highest BCUT2D eigenvalue weighted by Gasteiger charge is 2.27. The maximum Gasteiger partial charge on any atom is 0.178 e. The third-order valence-electron chi connectivity index (χ3n) is 5.91. The highest BCUT2D eigenvalue weighted by atomic mass is 35.5. The number of piperidine rings is 1. The number of benzene rings is 2. The molecule has 29 heavy (non-hydrogen) atoms. The van der Waals surface area contributed by atoms with Crippen LogP contribution in [0.5, 0.6) is 0 Å². The number of hydrogen-bond donors (Lipinski definition) is 1. The molecule has 5 rings (SSSR count). The zero-order chi connectivity index (χ0) is 19.8. The van der Waals surface area contributed by atoms with Gasteiger partial charge in [0.15, 0.2) is 10.9 Å². The van der Waals surface area contributed by atoms with E-state index < -0.39 is 0 Å². The van der Waals surface area contributed by atoms with Gasteiger partial charge in [0.05, 0.1) is 16.7 Å². The molecule has 7 heteroatoms. The fraction of sp³-hybridized carbons (Fsp3) is 0.364. The molecule has 150 valence electrons. The van der Waals surface area contributed by atoms with Crippen molar-refractivity contribution in [3.63, 3.8) is 0 Å². The molecule has 1 N–H and O–H groups in total. The van der Waals surface area contributed by atoms with Gasteiger partial charge in [-0.3, -0.25) is 4.90 Å². The van der Waals surface area contributed by atoms with Gasteiger partial charge in [0, 0.05) is 37.1 Å². The van der Waals surface area contributed by atoms with Crippen molar-refractivity contribution in [2.75, 3.05) is 19.6 Å². The molecule has 1 fully saturated rings. The molecule has 2 aromatic carbocycles. The molecular formula is C22H23ClN4OS. The Morgan fingerprint density at radius 3 is 2.72 bits per heavy atom. The van der Waals surface area contributed by atoms with Crippen LogP contribution in [0.3, 0.4) is 0 Å². The van der Waals surface area contributed by atoms with Crippen molar-refractivity contribution in [1.29, 1.82) is 0 Å². The third kappa shape index (κ3) is 3.84. The zero-order valence-corrected chi connectivity index (χ0v) is 17.6. The molecule has 1 unspecified atom stereocenters. The number of aromatic amines is 1. The van der Waals surface area contributed by atoms with Crippen LogP contribution in [-0.2, 0) is 4.84 Å². The lowest BCUT2D eigenvalue weighted by Gasteiger charge is -2.32. The van der Waals surface area contributed by atoms with Gasteiger partial charge in [-0.05, 0) is 48.8 Å². The van der Waals surface area contributed by atoms with Gasteiger partial charge in [0.25, 0.3) is 0 Å². The number of nitrogens with one attached hydrogen (secondary N) is 1. The van der Waals surface area contributed by atoms with E-state index in [1.165, 1.54) is 5.56 Å². The maximum atomic E-state index is 6.12. The minimum Gasteiger partial charge on any atom is -0.387 e. The minimum atomic E-state index is 0.0557. The predicted molar refractivity (Wildman–Crippen MR) is 119 cm³/mol. The molecule has 0 spiro atoms. The molecule has 1 aromatic heterocycles. The average Bonchev–Trinajstić information content (AvgIpc) is 3.33. The first-order valence-electron chi connectivity index (χ1n) is 10.1. The lowest BCUT2D eigenvalue weighted by atomic mass is 10.0. The summed E-state index contributed by atoms with van der Waals surface area (Å²) >= 11 is 11.7. The van der Waals surface area contributed by atoms with E-state index in [4.69, 9.17) is 28.7 Å². The Morgan fingerprint density at radius 1 is 1.14 bits per heavy atom. The Labute approximate surface area is 179 Å². The number of fused-ring (bicyclic) bond motifs is 1. The quantitative estimate of drug-likeness (QED) is 0.559. The van der Waals surface area contributed by atoms with Crippen LogP contribution in [0.25, 0.3) is 11.0 Å². The van der Waals surface area contributed by atoms with Gasteiger partial charge in [0.2, 0.25) is 0 Å². The first kappa shape index (κ1) is 18.9. The largest absolute Gasteiger partial charge is 0.387 e. The second-order valence-corrected chi connectivity index (χ2v) is 8.66. The van der Waals surface area contributed by atoms with Crippen molar-refractivity contribution in [1.82, 2.24) is 14.5 Å². The summed E-state index contributed by atoms with van der Waals surface area (Å²) in [4.78, 5) is 11.4. The lowest BCUT2D eigenvalue weighted by Crippen LogP contribution is -2.37. The van der Waals surface area contributed by atoms with Crippen molar-refractivity contribution in [3.05, 3.63) is 63.9 Å². The fourth-order valence-electron chi connectivity index (χ4n) is 4.43. The molecule has 0 radical (unpaired) electrons. The minimum absolute atomic E-state index is 0.0557. The number of imidazole rings is 1. The van der Waals surface area contributed by atoms with E-state index in [0.717, 1.165) is 65.4 Å². The van der Waals surface area contributed by atoms with E-state index in [0.29, 0.717) is 6.04 Å². The van der Waals surface area contributed by atoms with Crippen molar-refractivity contribution in [2.24, 2.45) is 5.16 Å². The van der Waals surface area contributed by atoms with Crippen molar-refractivity contribution >= 4 is 40.6 Å². The lowest BCUT2D eigenvalue weighted by molar-refractivity contribution is 0.0856. The van der Waals surface area contributed by atoms with E-state index in [-0.39, 0.29) is 6.10 Å². The predicted octanol–water partition coefficient (Wildman–Crippen LogP) is 5.51. The van der Waals surface area contributed by atoms with Gasteiger partial charge >= 0.3 is 0 Å². The summed E-state index contributed by atoms with van der Waals surface area (Å²) < 4.78 is 3.04. The average molecular weight is 427 g/mol. The molecule has 2 aliphatic heterocycles. The van der Waals surface area contributed by atoms with Gasteiger partial charge in [0.1, 0.15) is 0 Å². The van der Waals surface area contributed by atoms with Crippen LogP contribution in [0.1, 0.15) is 37.0 Å². The molecule has 2 aliphatic rings. The Kier molecular flexibility index (Phi) is 5.16. The molecule has 0 aliphatic carbocycles. The second-order valence-electron chi connectivity index (χ2n) is 7.84. The summed E-state index contributed by atoms with van der Waals surface area (Å²) in [5.41, 5.74) is 4.47. The number of aromatic nitrogens is 2. The molecule has 3 aromatic rings. The first-order valence-corrected chi connectivity index (χ1v) is 10.8. The molecular weight excluding hydrogens is 404 g/mol. The van der Waals surface area contributed by atoms with E-state index in [1.807, 2.05) is 30.3 Å². The van der Waals surface area contributed by atoms with E-state index >= 15 is 0 Å². The maximum absolute atomic E-state index is 6.12. The Hall–Kier alpha value is -2.15. The number of hydrogen-bond acceptors (Lipinski definition) is 4. The number of H-pyrrole nitrogens is 1. The van der Waals surface area contributed by atoms with Crippen LogP contribution < -0.4 is 0 Å². The summed E-state index contributed by atoms with van der Waals surface area (Å²) in [7, 11) is 0. The molecule has 1 saturated heterocycles. The van der Waals surface area contributed by atoms with Crippen LogP contribution in [0.2, 0.25) is 5.02 Å². The van der Waals surface area contributed by atoms with E-state index in [1.54, 1.807) is 0 Å². The number of rotatable bonds is 4. The molecule has 1 atom stereocenters. The Bertz CT molecular complexity index is 1100. The van der Waals surface area contributed by atoms with Crippen molar-refractivity contribution in [3.8, 4) is 0 Å². The van der Waals surface area contributed by atoms with Crippen LogP contribution in [0.15, 0.2) is 53.7 Å². The van der Waals surface area contributed by atoms with Crippen LogP contribution >= 0.6 is 23.8 Å². The standard InChI is InChI=1S/C22H23ClN4OS/c23-16-6-7-20-19(12-16)24-22(29)27(20)18-8-10-26(11-9-18)14-17-13-21(28-25-17)15-4-2-1-3-5-15/h1-7,12,18,21H,8-11,13-14H2,(H,24,29). The molecule has 3 heterocycles. The van der Waals surface area contributed by atoms with Crippen molar-refractivity contribution < 1.29 is 4.84 Å². The normalized spacial score (nSPS) is 20.7. The zero-order valence-electron chi connectivity index (χ0n) is 16.1. The van der Waals surface area contributed by atoms with E-state index in [9.17, 15) is 0 Å². The smallest absolute Gasteiger partial charge is 0.178 e. The molecule has 0 amide bonds. The van der Waals surface area contributed by atoms with Gasteiger partial charge in [-0.25, -0.2) is 0 Å². The number of likely N-dealkylation sites (tertiary alicyclic amines) is 1. The van der Waals surface area contributed by atoms with Crippen LogP contribution in [-0.4, -0.2) is 39.8 Å². The van der Waals surface area contributed by atoms with Crippen LogP contribution in [0.4, 0.5) is 0 Å². The summed E-state index contributed by atoms with van der Waals surface area (Å²) in [6, 6.07) is 16.7. The van der Waals surface area contributed by atoms with Gasteiger partial charge in [-0.1, -0.05) is 47.1 Å². The topological polar surface area (TPSA) is 45.5 Å². The Balaban J connectivity index is 1.21.